The van der Waals surface area contributed by atoms with Gasteiger partial charge in [-0.15, -0.1) is 6.42 Å². The summed E-state index contributed by atoms with van der Waals surface area (Å²) in [5.74, 6) is 2.54. The van der Waals surface area contributed by atoms with Crippen molar-refractivity contribution in [1.29, 1.82) is 0 Å². The fourth-order valence-corrected chi connectivity index (χ4v) is 0.954. The summed E-state index contributed by atoms with van der Waals surface area (Å²) in [5, 5.41) is 0. The molecule has 0 aliphatic rings. The molecule has 0 spiro atoms. The number of nitrogens with two attached hydrogens (primary N) is 1. The Bertz CT molecular complexity index is 464. The molecule has 58 valence electrons. The minimum absolute atomic E-state index is 0.141. The monoisotopic (exact) mass is 159 g/mol. The molecule has 2 aromatic heterocycles. The van der Waals surface area contributed by atoms with Crippen LogP contribution in [0.1, 0.15) is 5.69 Å². The molecule has 0 unspecified atom stereocenters. The number of H-pyrrole nitrogens is 1. The molecular weight excluding hydrogens is 154 g/mol. The third-order valence-corrected chi connectivity index (χ3v) is 1.44. The van der Waals surface area contributed by atoms with E-state index in [1.807, 2.05) is 0 Å². The van der Waals surface area contributed by atoms with E-state index in [0.717, 1.165) is 0 Å². The van der Waals surface area contributed by atoms with Gasteiger partial charge < -0.3 is 10.7 Å². The van der Waals surface area contributed by atoms with Crippen molar-refractivity contribution >= 4 is 17.1 Å². The fourth-order valence-electron chi connectivity index (χ4n) is 0.954. The van der Waals surface area contributed by atoms with Crippen LogP contribution in [-0.2, 0) is 0 Å². The van der Waals surface area contributed by atoms with Gasteiger partial charge in [0.15, 0.2) is 5.65 Å². The van der Waals surface area contributed by atoms with E-state index in [0.29, 0.717) is 16.9 Å². The van der Waals surface area contributed by atoms with Gasteiger partial charge in [0.25, 0.3) is 0 Å². The van der Waals surface area contributed by atoms with Crippen LogP contribution in [0.4, 0.5) is 5.95 Å². The Morgan fingerprint density at radius 2 is 2.33 bits per heavy atom. The van der Waals surface area contributed by atoms with E-state index in [2.05, 4.69) is 25.9 Å². The van der Waals surface area contributed by atoms with Gasteiger partial charge in [0.1, 0.15) is 11.2 Å². The van der Waals surface area contributed by atoms with Crippen molar-refractivity contribution in [2.24, 2.45) is 0 Å². The van der Waals surface area contributed by atoms with Crippen LogP contribution < -0.4 is 5.73 Å². The predicted octanol–water partition coefficient (Wildman–Crippen LogP) is -0.0836. The second kappa shape index (κ2) is 2.20. The smallest absolute Gasteiger partial charge is 0.223 e. The quantitative estimate of drug-likeness (QED) is 0.526. The number of aromatic nitrogens is 4. The second-order valence-electron chi connectivity index (χ2n) is 2.18. The van der Waals surface area contributed by atoms with Crippen LogP contribution in [0.5, 0.6) is 0 Å². The van der Waals surface area contributed by atoms with Gasteiger partial charge in [0.05, 0.1) is 6.33 Å². The van der Waals surface area contributed by atoms with Crippen molar-refractivity contribution in [3.8, 4) is 12.3 Å². The molecule has 0 amide bonds. The maximum atomic E-state index is 5.39. The lowest BCUT2D eigenvalue weighted by atomic mass is 10.4. The summed E-state index contributed by atoms with van der Waals surface area (Å²) in [6, 6.07) is 0. The number of rotatable bonds is 0. The zero-order valence-corrected chi connectivity index (χ0v) is 6.07. The Hall–Kier alpha value is -2.09. The molecule has 2 rings (SSSR count). The first kappa shape index (κ1) is 6.61. The van der Waals surface area contributed by atoms with Crippen molar-refractivity contribution in [3.63, 3.8) is 0 Å². The summed E-state index contributed by atoms with van der Waals surface area (Å²) in [7, 11) is 0. The first-order valence-electron chi connectivity index (χ1n) is 3.24. The van der Waals surface area contributed by atoms with Gasteiger partial charge in [-0.25, -0.2) is 9.97 Å². The Labute approximate surface area is 68.1 Å². The second-order valence-corrected chi connectivity index (χ2v) is 2.18. The number of nitrogens with zero attached hydrogens (tertiary/aromatic N) is 3. The highest BCUT2D eigenvalue weighted by Gasteiger charge is 2.04. The Balaban J connectivity index is 2.91. The van der Waals surface area contributed by atoms with Crippen LogP contribution >= 0.6 is 0 Å². The number of imidazole rings is 1. The van der Waals surface area contributed by atoms with Crippen molar-refractivity contribution in [2.45, 2.75) is 0 Å². The molecule has 0 bridgehead atoms. The lowest BCUT2D eigenvalue weighted by Gasteiger charge is -1.93. The highest BCUT2D eigenvalue weighted by atomic mass is 15.1. The molecule has 2 aromatic rings. The molecule has 0 fully saturated rings. The van der Waals surface area contributed by atoms with Gasteiger partial charge in [-0.3, -0.25) is 0 Å². The topological polar surface area (TPSA) is 80.5 Å². The predicted molar refractivity (Wildman–Crippen MR) is 44.0 cm³/mol. The van der Waals surface area contributed by atoms with Gasteiger partial charge in [-0.2, -0.15) is 4.98 Å². The molecule has 3 N–H and O–H groups in total. The molecular formula is C7H5N5. The number of anilines is 1. The van der Waals surface area contributed by atoms with E-state index in [1.54, 1.807) is 0 Å². The van der Waals surface area contributed by atoms with Crippen molar-refractivity contribution < 1.29 is 0 Å². The maximum Gasteiger partial charge on any atom is 0.223 e. The molecule has 0 aliphatic heterocycles. The molecule has 0 radical (unpaired) electrons. The normalized spacial score (nSPS) is 9.92. The number of terminal acetylenes is 1. The lowest BCUT2D eigenvalue weighted by molar-refractivity contribution is 1.20. The minimum Gasteiger partial charge on any atom is -0.368 e. The van der Waals surface area contributed by atoms with E-state index in [9.17, 15) is 0 Å². The van der Waals surface area contributed by atoms with Crippen molar-refractivity contribution in [2.75, 3.05) is 5.73 Å². The average molecular weight is 159 g/mol. The van der Waals surface area contributed by atoms with Crippen LogP contribution in [0.2, 0.25) is 0 Å². The van der Waals surface area contributed by atoms with Gasteiger partial charge in [-0.05, 0) is 5.92 Å². The van der Waals surface area contributed by atoms with Crippen LogP contribution in [0.3, 0.4) is 0 Å². The maximum absolute atomic E-state index is 5.39. The number of hydrogen-bond donors (Lipinski definition) is 2. The third kappa shape index (κ3) is 0.787. The first-order valence-corrected chi connectivity index (χ1v) is 3.24. The Morgan fingerprint density at radius 1 is 1.50 bits per heavy atom. The van der Waals surface area contributed by atoms with Crippen molar-refractivity contribution in [3.05, 3.63) is 12.0 Å². The first-order chi connectivity index (χ1) is 5.81. The third-order valence-electron chi connectivity index (χ3n) is 1.44. The summed E-state index contributed by atoms with van der Waals surface area (Å²) in [4.78, 5) is 14.5. The van der Waals surface area contributed by atoms with Gasteiger partial charge in [0, 0.05) is 0 Å². The fraction of sp³-hybridized carbons (Fsp3) is 0. The molecule has 0 atom stereocenters. The Morgan fingerprint density at radius 3 is 3.08 bits per heavy atom. The van der Waals surface area contributed by atoms with Crippen LogP contribution in [0.25, 0.3) is 11.2 Å². The molecule has 0 aromatic carbocycles. The number of hydrogen-bond acceptors (Lipinski definition) is 4. The lowest BCUT2D eigenvalue weighted by Crippen LogP contribution is -1.97. The largest absolute Gasteiger partial charge is 0.368 e. The van der Waals surface area contributed by atoms with E-state index >= 15 is 0 Å². The Kier molecular flexibility index (Phi) is 1.21. The van der Waals surface area contributed by atoms with Gasteiger partial charge >= 0.3 is 0 Å². The van der Waals surface area contributed by atoms with E-state index in [4.69, 9.17) is 12.2 Å². The number of nitrogens with one attached hydrogen (secondary N) is 1. The number of nitrogen functional groups attached to an aromatic ring is 1. The molecule has 12 heavy (non-hydrogen) atoms. The SMILES string of the molecule is C#Cc1nc(N)nc2nc[nH]c12. The van der Waals surface area contributed by atoms with E-state index in [-0.39, 0.29) is 5.95 Å². The molecule has 0 saturated carbocycles. The highest BCUT2D eigenvalue weighted by molar-refractivity contribution is 5.76. The van der Waals surface area contributed by atoms with Crippen molar-refractivity contribution in [1.82, 2.24) is 19.9 Å². The summed E-state index contributed by atoms with van der Waals surface area (Å²) in [6.45, 7) is 0. The van der Waals surface area contributed by atoms with Crippen LogP contribution in [0, 0.1) is 12.3 Å². The number of aromatic amines is 1. The molecule has 0 saturated heterocycles. The van der Waals surface area contributed by atoms with Crippen LogP contribution in [0.15, 0.2) is 6.33 Å². The zero-order chi connectivity index (χ0) is 8.55. The standard InChI is InChI=1S/C7H5N5/c1-2-4-5-6(10-3-9-5)12-7(8)11-4/h1,3H,(H3,8,9,10,11,12). The zero-order valence-electron chi connectivity index (χ0n) is 6.07. The van der Waals surface area contributed by atoms with Gasteiger partial charge in [0.2, 0.25) is 5.95 Å². The highest BCUT2D eigenvalue weighted by Crippen LogP contribution is 2.10. The molecule has 5 heteroatoms. The van der Waals surface area contributed by atoms with E-state index in [1.165, 1.54) is 6.33 Å². The molecule has 5 nitrogen and oxygen atoms in total. The summed E-state index contributed by atoms with van der Waals surface area (Å²) in [5.41, 5.74) is 6.97. The number of fused-ring (bicyclic) bond motifs is 1. The average Bonchev–Trinajstić information content (AvgIpc) is 2.50. The summed E-state index contributed by atoms with van der Waals surface area (Å²) >= 11 is 0. The van der Waals surface area contributed by atoms with E-state index < -0.39 is 0 Å². The summed E-state index contributed by atoms with van der Waals surface area (Å²) < 4.78 is 0. The minimum atomic E-state index is 0.141. The van der Waals surface area contributed by atoms with Gasteiger partial charge in [-0.1, -0.05) is 0 Å². The molecule has 0 aliphatic carbocycles. The summed E-state index contributed by atoms with van der Waals surface area (Å²) in [6.07, 6.45) is 6.70. The van der Waals surface area contributed by atoms with Crippen LogP contribution in [-0.4, -0.2) is 19.9 Å². The molecule has 2 heterocycles.